The fourth-order valence-corrected chi connectivity index (χ4v) is 1.87. The van der Waals surface area contributed by atoms with Gasteiger partial charge in [0.25, 0.3) is 0 Å². The largest absolute Gasteiger partial charge is 0.404 e. The molecule has 0 spiro atoms. The van der Waals surface area contributed by atoms with Crippen LogP contribution in [-0.2, 0) is 6.42 Å². The normalized spacial score (nSPS) is 12.7. The van der Waals surface area contributed by atoms with Gasteiger partial charge in [-0.25, -0.2) is 4.98 Å². The first-order valence-corrected chi connectivity index (χ1v) is 5.57. The molecule has 0 aliphatic heterocycles. The van der Waals surface area contributed by atoms with E-state index in [0.717, 1.165) is 22.2 Å². The van der Waals surface area contributed by atoms with Crippen LogP contribution < -0.4 is 5.73 Å². The van der Waals surface area contributed by atoms with Gasteiger partial charge in [-0.1, -0.05) is 11.6 Å². The molecule has 0 radical (unpaired) electrons. The van der Waals surface area contributed by atoms with E-state index in [1.54, 1.807) is 25.7 Å². The van der Waals surface area contributed by atoms with Crippen molar-refractivity contribution in [2.75, 3.05) is 7.05 Å². The van der Waals surface area contributed by atoms with Crippen molar-refractivity contribution in [1.82, 2.24) is 9.97 Å². The third-order valence-electron chi connectivity index (χ3n) is 2.49. The Morgan fingerprint density at radius 2 is 2.47 bits per heavy atom. The van der Waals surface area contributed by atoms with Crippen LogP contribution in [0.2, 0.25) is 5.02 Å². The molecular formula is C12H13ClN4. The van der Waals surface area contributed by atoms with Crippen LogP contribution in [0.25, 0.3) is 11.0 Å². The van der Waals surface area contributed by atoms with Crippen molar-refractivity contribution < 1.29 is 0 Å². The number of nitrogens with zero attached hydrogens (tertiary/aromatic N) is 2. The zero-order chi connectivity index (χ0) is 12.3. The summed E-state index contributed by atoms with van der Waals surface area (Å²) in [5, 5.41) is 1.64. The van der Waals surface area contributed by atoms with Crippen molar-refractivity contribution in [3.63, 3.8) is 0 Å². The molecule has 2 aromatic heterocycles. The maximum absolute atomic E-state index is 5.94. The van der Waals surface area contributed by atoms with Gasteiger partial charge in [0.05, 0.1) is 5.02 Å². The number of fused-ring (bicyclic) bond motifs is 1. The van der Waals surface area contributed by atoms with Crippen molar-refractivity contribution >= 4 is 28.8 Å². The van der Waals surface area contributed by atoms with E-state index in [-0.39, 0.29) is 0 Å². The number of aliphatic imine (C=N–C) groups is 1. The molecule has 2 aromatic rings. The van der Waals surface area contributed by atoms with E-state index in [9.17, 15) is 0 Å². The molecule has 5 heteroatoms. The fraction of sp³-hybridized carbons (Fsp3) is 0.167. The van der Waals surface area contributed by atoms with Crippen LogP contribution in [0.1, 0.15) is 5.56 Å². The number of nitrogens with two attached hydrogens (primary N) is 1. The van der Waals surface area contributed by atoms with Gasteiger partial charge in [0.1, 0.15) is 5.65 Å². The van der Waals surface area contributed by atoms with Gasteiger partial charge < -0.3 is 10.7 Å². The summed E-state index contributed by atoms with van der Waals surface area (Å²) in [6.45, 7) is 0. The lowest BCUT2D eigenvalue weighted by Crippen LogP contribution is -1.95. The molecule has 0 unspecified atom stereocenters. The molecule has 3 N–H and O–H groups in total. The number of aromatic amines is 1. The Bertz CT molecular complexity index is 583. The van der Waals surface area contributed by atoms with E-state index in [1.165, 1.54) is 0 Å². The molecule has 0 amide bonds. The molecule has 17 heavy (non-hydrogen) atoms. The van der Waals surface area contributed by atoms with E-state index in [1.807, 2.05) is 12.3 Å². The highest BCUT2D eigenvalue weighted by Gasteiger charge is 2.06. The van der Waals surface area contributed by atoms with E-state index < -0.39 is 0 Å². The smallest absolute Gasteiger partial charge is 0.137 e. The zero-order valence-electron chi connectivity index (χ0n) is 9.44. The van der Waals surface area contributed by atoms with Gasteiger partial charge in [-0.15, -0.1) is 0 Å². The van der Waals surface area contributed by atoms with Crippen molar-refractivity contribution in [2.45, 2.75) is 6.42 Å². The second kappa shape index (κ2) is 5.01. The number of nitrogens with one attached hydrogen (secondary N) is 1. The maximum atomic E-state index is 5.94. The average Bonchev–Trinajstić information content (AvgIpc) is 2.71. The molecule has 88 valence electrons. The summed E-state index contributed by atoms with van der Waals surface area (Å²) in [6.07, 6.45) is 7.55. The Kier molecular flexibility index (Phi) is 3.44. The van der Waals surface area contributed by atoms with Crippen molar-refractivity contribution in [3.05, 3.63) is 40.8 Å². The molecule has 4 nitrogen and oxygen atoms in total. The van der Waals surface area contributed by atoms with Gasteiger partial charge in [-0.05, 0) is 23.4 Å². The lowest BCUT2D eigenvalue weighted by molar-refractivity contribution is 1.22. The molecule has 0 bridgehead atoms. The monoisotopic (exact) mass is 248 g/mol. The summed E-state index contributed by atoms with van der Waals surface area (Å²) in [5.41, 5.74) is 8.43. The second-order valence-electron chi connectivity index (χ2n) is 3.67. The van der Waals surface area contributed by atoms with E-state index in [2.05, 4.69) is 15.0 Å². The van der Waals surface area contributed by atoms with Crippen LogP contribution in [0.3, 0.4) is 0 Å². The molecule has 0 aliphatic rings. The number of hydrogen-bond donors (Lipinski definition) is 2. The third-order valence-corrected chi connectivity index (χ3v) is 2.69. The number of allylic oxidation sites excluding steroid dienone is 1. The van der Waals surface area contributed by atoms with Crippen molar-refractivity contribution in [1.29, 1.82) is 0 Å². The molecule has 0 atom stereocenters. The highest BCUT2D eigenvalue weighted by Crippen LogP contribution is 2.21. The Balaban J connectivity index is 2.39. The number of hydrogen-bond acceptors (Lipinski definition) is 3. The molecule has 0 aliphatic carbocycles. The SMILES string of the molecule is CN=CC(=CN)Cc1c[nH]c2ncc(Cl)cc12. The highest BCUT2D eigenvalue weighted by molar-refractivity contribution is 6.31. The van der Waals surface area contributed by atoms with Gasteiger partial charge in [-0.3, -0.25) is 4.99 Å². The maximum Gasteiger partial charge on any atom is 0.137 e. The molecular weight excluding hydrogens is 236 g/mol. The van der Waals surface area contributed by atoms with Crippen molar-refractivity contribution in [3.8, 4) is 0 Å². The van der Waals surface area contributed by atoms with E-state index in [4.69, 9.17) is 17.3 Å². The summed E-state index contributed by atoms with van der Waals surface area (Å²) < 4.78 is 0. The zero-order valence-corrected chi connectivity index (χ0v) is 10.2. The number of halogens is 1. The van der Waals surface area contributed by atoms with Gasteiger partial charge >= 0.3 is 0 Å². The van der Waals surface area contributed by atoms with E-state index >= 15 is 0 Å². The standard InChI is InChI=1S/C12H13ClN4/c1-15-5-8(4-14)2-9-6-16-12-11(9)3-10(13)7-17-12/h3-7H,2,14H2,1H3,(H,16,17). The molecule has 2 heterocycles. The second-order valence-corrected chi connectivity index (χ2v) is 4.11. The summed E-state index contributed by atoms with van der Waals surface area (Å²) in [5.74, 6) is 0. The first kappa shape index (κ1) is 11.7. The molecule has 0 saturated carbocycles. The fourth-order valence-electron chi connectivity index (χ4n) is 1.71. The van der Waals surface area contributed by atoms with Crippen LogP contribution in [0.15, 0.2) is 35.2 Å². The lowest BCUT2D eigenvalue weighted by Gasteiger charge is -1.99. The molecule has 0 saturated heterocycles. The first-order valence-electron chi connectivity index (χ1n) is 5.19. The van der Waals surface area contributed by atoms with Crippen LogP contribution in [0.4, 0.5) is 0 Å². The van der Waals surface area contributed by atoms with Crippen LogP contribution >= 0.6 is 11.6 Å². The number of aromatic nitrogens is 2. The summed E-state index contributed by atoms with van der Waals surface area (Å²) in [7, 11) is 1.72. The first-order chi connectivity index (χ1) is 8.24. The Labute approximate surface area is 104 Å². The Morgan fingerprint density at radius 3 is 3.18 bits per heavy atom. The van der Waals surface area contributed by atoms with Gasteiger partial charge in [0.15, 0.2) is 0 Å². The van der Waals surface area contributed by atoms with Crippen LogP contribution in [0, 0.1) is 0 Å². The minimum Gasteiger partial charge on any atom is -0.404 e. The minimum atomic E-state index is 0.626. The quantitative estimate of drug-likeness (QED) is 0.819. The van der Waals surface area contributed by atoms with E-state index in [0.29, 0.717) is 11.4 Å². The van der Waals surface area contributed by atoms with Crippen LogP contribution in [-0.4, -0.2) is 23.2 Å². The third kappa shape index (κ3) is 2.47. The van der Waals surface area contributed by atoms with Gasteiger partial charge in [0.2, 0.25) is 0 Å². The number of H-pyrrole nitrogens is 1. The van der Waals surface area contributed by atoms with Crippen molar-refractivity contribution in [2.24, 2.45) is 10.7 Å². The Morgan fingerprint density at radius 1 is 1.65 bits per heavy atom. The summed E-state index contributed by atoms with van der Waals surface area (Å²) in [4.78, 5) is 11.3. The lowest BCUT2D eigenvalue weighted by atomic mass is 10.1. The molecule has 0 fully saturated rings. The topological polar surface area (TPSA) is 67.1 Å². The number of pyridine rings is 1. The minimum absolute atomic E-state index is 0.626. The summed E-state index contributed by atoms with van der Waals surface area (Å²) >= 11 is 5.94. The molecule has 2 rings (SSSR count). The summed E-state index contributed by atoms with van der Waals surface area (Å²) in [6, 6.07) is 1.90. The average molecular weight is 249 g/mol. The number of rotatable bonds is 3. The Hall–Kier alpha value is -1.81. The van der Waals surface area contributed by atoms with Gasteiger partial charge in [0, 0.05) is 37.5 Å². The molecule has 0 aromatic carbocycles. The van der Waals surface area contributed by atoms with Crippen LogP contribution in [0.5, 0.6) is 0 Å². The van der Waals surface area contributed by atoms with Gasteiger partial charge in [-0.2, -0.15) is 0 Å². The highest BCUT2D eigenvalue weighted by atomic mass is 35.5. The predicted molar refractivity (Wildman–Crippen MR) is 71.5 cm³/mol. The predicted octanol–water partition coefficient (Wildman–Crippen LogP) is 2.30.